The molecule has 0 bridgehead atoms. The van der Waals surface area contributed by atoms with Gasteiger partial charge in [-0.2, -0.15) is 0 Å². The average molecular weight is 308 g/mol. The Labute approximate surface area is 127 Å². The first kappa shape index (κ1) is 15.3. The molecule has 2 aromatic rings. The fourth-order valence-corrected chi connectivity index (χ4v) is 2.25. The molecular formula is C16H15ClFNO2. The van der Waals surface area contributed by atoms with Gasteiger partial charge in [0, 0.05) is 18.6 Å². The summed E-state index contributed by atoms with van der Waals surface area (Å²) in [4.78, 5) is 13.9. The second-order valence-corrected chi connectivity index (χ2v) is 5.07. The zero-order valence-electron chi connectivity index (χ0n) is 11.8. The lowest BCUT2D eigenvalue weighted by molar-refractivity contribution is 0.0781. The number of hydrogen-bond acceptors (Lipinski definition) is 2. The Hall–Kier alpha value is -2.07. The number of nitrogens with zero attached hydrogens (tertiary/aromatic N) is 1. The van der Waals surface area contributed by atoms with E-state index in [9.17, 15) is 9.18 Å². The van der Waals surface area contributed by atoms with Crippen molar-refractivity contribution in [1.82, 2.24) is 4.90 Å². The number of carbonyl (C=O) groups is 1. The normalized spacial score (nSPS) is 10.3. The van der Waals surface area contributed by atoms with Crippen LogP contribution in [-0.4, -0.2) is 25.0 Å². The van der Waals surface area contributed by atoms with Gasteiger partial charge in [-0.05, 0) is 35.9 Å². The minimum absolute atomic E-state index is 0.196. The SMILES string of the molecule is COc1ccc(F)cc1C(=O)N(C)Cc1cccc(Cl)c1. The van der Waals surface area contributed by atoms with Crippen LogP contribution in [0.4, 0.5) is 4.39 Å². The number of ether oxygens (including phenoxy) is 1. The van der Waals surface area contributed by atoms with Crippen LogP contribution in [0.15, 0.2) is 42.5 Å². The zero-order chi connectivity index (χ0) is 15.4. The summed E-state index contributed by atoms with van der Waals surface area (Å²) in [6.45, 7) is 0.374. The van der Waals surface area contributed by atoms with E-state index in [2.05, 4.69) is 0 Å². The van der Waals surface area contributed by atoms with Crippen LogP contribution in [0.1, 0.15) is 15.9 Å². The molecule has 0 aliphatic heterocycles. The van der Waals surface area contributed by atoms with E-state index in [0.29, 0.717) is 17.3 Å². The second-order valence-electron chi connectivity index (χ2n) is 4.64. The lowest BCUT2D eigenvalue weighted by atomic mass is 10.1. The molecule has 0 aliphatic rings. The topological polar surface area (TPSA) is 29.5 Å². The summed E-state index contributed by atoms with van der Waals surface area (Å²) >= 11 is 5.92. The van der Waals surface area contributed by atoms with Crippen molar-refractivity contribution in [3.05, 3.63) is 64.4 Å². The van der Waals surface area contributed by atoms with Crippen molar-refractivity contribution in [2.45, 2.75) is 6.54 Å². The van der Waals surface area contributed by atoms with Gasteiger partial charge < -0.3 is 9.64 Å². The average Bonchev–Trinajstić information content (AvgIpc) is 2.46. The lowest BCUT2D eigenvalue weighted by Gasteiger charge is -2.19. The molecule has 0 N–H and O–H groups in total. The number of hydrogen-bond donors (Lipinski definition) is 0. The van der Waals surface area contributed by atoms with E-state index in [-0.39, 0.29) is 11.5 Å². The summed E-state index contributed by atoms with van der Waals surface area (Å²) in [6.07, 6.45) is 0. The molecule has 110 valence electrons. The van der Waals surface area contributed by atoms with Gasteiger partial charge in [-0.3, -0.25) is 4.79 Å². The molecule has 0 saturated carbocycles. The van der Waals surface area contributed by atoms with Gasteiger partial charge in [0.2, 0.25) is 0 Å². The molecule has 0 aromatic heterocycles. The molecule has 0 saturated heterocycles. The van der Waals surface area contributed by atoms with Crippen molar-refractivity contribution in [2.24, 2.45) is 0 Å². The van der Waals surface area contributed by atoms with Crippen molar-refractivity contribution >= 4 is 17.5 Å². The van der Waals surface area contributed by atoms with Crippen molar-refractivity contribution in [3.63, 3.8) is 0 Å². The van der Waals surface area contributed by atoms with E-state index < -0.39 is 5.82 Å². The third-order valence-electron chi connectivity index (χ3n) is 3.05. The maximum absolute atomic E-state index is 13.3. The minimum Gasteiger partial charge on any atom is -0.496 e. The number of amides is 1. The van der Waals surface area contributed by atoms with Gasteiger partial charge in [0.05, 0.1) is 12.7 Å². The summed E-state index contributed by atoms with van der Waals surface area (Å²) in [5.74, 6) is -0.444. The molecule has 0 fully saturated rings. The summed E-state index contributed by atoms with van der Waals surface area (Å²) < 4.78 is 18.4. The molecule has 0 radical (unpaired) electrons. The molecule has 0 atom stereocenters. The smallest absolute Gasteiger partial charge is 0.257 e. The van der Waals surface area contributed by atoms with Gasteiger partial charge >= 0.3 is 0 Å². The Kier molecular flexibility index (Phi) is 4.81. The molecule has 0 spiro atoms. The summed E-state index contributed by atoms with van der Waals surface area (Å²) in [6, 6.07) is 11.1. The highest BCUT2D eigenvalue weighted by Gasteiger charge is 2.17. The van der Waals surface area contributed by atoms with Crippen molar-refractivity contribution in [2.75, 3.05) is 14.2 Å². The van der Waals surface area contributed by atoms with Crippen molar-refractivity contribution in [3.8, 4) is 5.75 Å². The van der Waals surface area contributed by atoms with Gasteiger partial charge in [-0.25, -0.2) is 4.39 Å². The summed E-state index contributed by atoms with van der Waals surface area (Å²) in [5, 5.41) is 0.608. The molecule has 0 heterocycles. The fraction of sp³-hybridized carbons (Fsp3) is 0.188. The van der Waals surface area contributed by atoms with Crippen molar-refractivity contribution < 1.29 is 13.9 Å². The van der Waals surface area contributed by atoms with Gasteiger partial charge in [0.15, 0.2) is 0 Å². The first-order valence-electron chi connectivity index (χ1n) is 6.34. The van der Waals surface area contributed by atoms with Crippen LogP contribution in [0.25, 0.3) is 0 Å². The first-order chi connectivity index (χ1) is 10.0. The Bertz CT molecular complexity index is 660. The predicted octanol–water partition coefficient (Wildman–Crippen LogP) is 3.76. The molecular weight excluding hydrogens is 293 g/mol. The predicted molar refractivity (Wildman–Crippen MR) is 80.2 cm³/mol. The Morgan fingerprint density at radius 2 is 2.05 bits per heavy atom. The number of halogens is 2. The van der Waals surface area contributed by atoms with Gasteiger partial charge in [-0.15, -0.1) is 0 Å². The Morgan fingerprint density at radius 3 is 2.71 bits per heavy atom. The largest absolute Gasteiger partial charge is 0.496 e. The highest BCUT2D eigenvalue weighted by atomic mass is 35.5. The van der Waals surface area contributed by atoms with Gasteiger partial charge in [0.1, 0.15) is 11.6 Å². The van der Waals surface area contributed by atoms with Crippen LogP contribution in [0, 0.1) is 5.82 Å². The monoisotopic (exact) mass is 307 g/mol. The van der Waals surface area contributed by atoms with Crippen LogP contribution in [0.5, 0.6) is 5.75 Å². The zero-order valence-corrected chi connectivity index (χ0v) is 12.5. The van der Waals surface area contributed by atoms with E-state index in [0.717, 1.165) is 5.56 Å². The summed E-state index contributed by atoms with van der Waals surface area (Å²) in [7, 11) is 3.09. The Balaban J connectivity index is 2.21. The van der Waals surface area contributed by atoms with E-state index >= 15 is 0 Å². The van der Waals surface area contributed by atoms with E-state index in [1.54, 1.807) is 19.2 Å². The molecule has 2 aromatic carbocycles. The van der Waals surface area contributed by atoms with Crippen LogP contribution in [0.3, 0.4) is 0 Å². The van der Waals surface area contributed by atoms with Crippen LogP contribution < -0.4 is 4.74 Å². The minimum atomic E-state index is -0.477. The molecule has 0 unspecified atom stereocenters. The highest BCUT2D eigenvalue weighted by Crippen LogP contribution is 2.22. The number of carbonyl (C=O) groups excluding carboxylic acids is 1. The maximum Gasteiger partial charge on any atom is 0.257 e. The molecule has 21 heavy (non-hydrogen) atoms. The standard InChI is InChI=1S/C16H15ClFNO2/c1-19(10-11-4-3-5-12(17)8-11)16(20)14-9-13(18)6-7-15(14)21-2/h3-9H,10H2,1-2H3. The summed E-state index contributed by atoms with van der Waals surface area (Å²) in [5.41, 5.74) is 1.09. The molecule has 1 amide bonds. The van der Waals surface area contributed by atoms with E-state index in [1.807, 2.05) is 12.1 Å². The second kappa shape index (κ2) is 6.59. The number of methoxy groups -OCH3 is 1. The third kappa shape index (κ3) is 3.73. The van der Waals surface area contributed by atoms with Crippen LogP contribution >= 0.6 is 11.6 Å². The highest BCUT2D eigenvalue weighted by molar-refractivity contribution is 6.30. The molecule has 0 aliphatic carbocycles. The number of benzene rings is 2. The fourth-order valence-electron chi connectivity index (χ4n) is 2.03. The molecule has 2 rings (SSSR count). The third-order valence-corrected chi connectivity index (χ3v) is 3.28. The quantitative estimate of drug-likeness (QED) is 0.860. The molecule has 3 nitrogen and oxygen atoms in total. The first-order valence-corrected chi connectivity index (χ1v) is 6.72. The maximum atomic E-state index is 13.3. The van der Waals surface area contributed by atoms with Crippen molar-refractivity contribution in [1.29, 1.82) is 0 Å². The van der Waals surface area contributed by atoms with E-state index in [4.69, 9.17) is 16.3 Å². The lowest BCUT2D eigenvalue weighted by Crippen LogP contribution is -2.26. The molecule has 5 heteroatoms. The van der Waals surface area contributed by atoms with Gasteiger partial charge in [0.25, 0.3) is 5.91 Å². The Morgan fingerprint density at radius 1 is 1.29 bits per heavy atom. The van der Waals surface area contributed by atoms with Crippen LogP contribution in [0.2, 0.25) is 5.02 Å². The van der Waals surface area contributed by atoms with Gasteiger partial charge in [-0.1, -0.05) is 23.7 Å². The van der Waals surface area contributed by atoms with E-state index in [1.165, 1.54) is 30.2 Å². The number of rotatable bonds is 4. The van der Waals surface area contributed by atoms with Crippen LogP contribution in [-0.2, 0) is 6.54 Å².